The van der Waals surface area contributed by atoms with Gasteiger partial charge in [-0.2, -0.15) is 0 Å². The van der Waals surface area contributed by atoms with Gasteiger partial charge in [-0.1, -0.05) is 0 Å². The molecular formula is H32Fe95N8+293. The van der Waals surface area contributed by atoms with E-state index in [1.165, 1.54) is 0 Å². The summed E-state index contributed by atoms with van der Waals surface area (Å²) in [7, 11) is 0. The van der Waals surface area contributed by atoms with Crippen LogP contribution in [-0.4, -0.2) is 0 Å². The maximum Gasteiger partial charge on any atom is 3.00 e. The summed E-state index contributed by atoms with van der Waals surface area (Å²) in [5.41, 5.74) is 0. The topological polar surface area (TPSA) is 292 Å². The van der Waals surface area contributed by atoms with Gasteiger partial charge < -0.3 is 49.2 Å². The van der Waals surface area contributed by atoms with Gasteiger partial charge in [0.05, 0.1) is 0 Å². The Kier molecular flexibility index (Phi) is 19800. The maximum atomic E-state index is 0. The molecule has 0 bridgehead atoms. The van der Waals surface area contributed by atoms with Crippen molar-refractivity contribution >= 4 is 0 Å². The SMILES string of the molecule is [Fe+3].[Fe+3].[Fe+3].[Fe+3].[Fe+3].[Fe+3].[Fe+3].[Fe+3].[Fe+3].[Fe+3].[Fe+3].[Fe+3].[Fe+3].[Fe+3].[Fe+3].[Fe+3].[Fe+3].[Fe+3].[Fe+3].[Fe+3].[Fe+3].[Fe+3].[Fe+3].[Fe+3].[Fe+3].[Fe+3].[Fe+3].[Fe+3].[Fe+3].[Fe+3].[Fe+3].[Fe+3].[Fe+3].[Fe+3].[Fe+3].[Fe+3].[Fe+3].[Fe+3].[Fe+3].[Fe+3].[Fe+3].[Fe+3].[Fe+3].[Fe+3].[Fe+3].[Fe+3].[Fe+3].[Fe+3].[Fe+3].[Fe+3].[Fe+3].[Fe+3].[Fe+3].[Fe+3].[Fe+3].[Fe+3].[Fe+3].[Fe+3].[Fe+3].[Fe+3].[Fe+3].[Fe+3].[Fe+3].[Fe+3].[Fe+3].[Fe+3].[Fe+3].[Fe+3].[Fe+3].[Fe+3].[Fe+3].[Fe+3].[Fe+3].[Fe+3].[Fe+3].[Fe+3].[Fe+3].[Fe+3].[Fe+3].[Fe+3].[Fe+3].[Fe+3].[Fe+3].[Fe+3].[Fe+3].[Fe+3].[Fe+3].[Fe+3].[Fe+3].[Fe+3].[Fe+3].[Fe+3].[Fe+3].[Fe+3].[Fe+3].[NH4+].[NH4+].[NH4+].[NH4+].[NH4+].[NH4+].[NH4+].[NH4+]. The van der Waals surface area contributed by atoms with Gasteiger partial charge in [-0.05, 0) is 0 Å². The molecular weight excluding hydrogens is 5420 g/mol. The third kappa shape index (κ3) is 1400. The first-order valence-electron chi connectivity index (χ1n) is 0. The van der Waals surface area contributed by atoms with Gasteiger partial charge in [0, 0.05) is 0 Å². The maximum absolute atomic E-state index is 0. The van der Waals surface area contributed by atoms with Crippen LogP contribution in [0, 0.1) is 0 Å². The molecule has 103 heavy (non-hydrogen) atoms. The van der Waals surface area contributed by atoms with E-state index in [2.05, 4.69) is 0 Å². The van der Waals surface area contributed by atoms with E-state index in [1.807, 2.05) is 0 Å². The summed E-state index contributed by atoms with van der Waals surface area (Å²) in [6.07, 6.45) is 0. The first-order chi connectivity index (χ1) is 0. The van der Waals surface area contributed by atoms with Gasteiger partial charge in [0.15, 0.2) is 0 Å². The molecule has 32 N–H and O–H groups in total. The Hall–Kier alpha value is 49.0. The van der Waals surface area contributed by atoms with Crippen molar-refractivity contribution in [3.05, 3.63) is 0 Å². The van der Waals surface area contributed by atoms with E-state index in [-0.39, 0.29) is 1670 Å². The second kappa shape index (κ2) is 1410. The number of hydrogen-bond donors (Lipinski definition) is 8. The largest absolute Gasteiger partial charge is 3.00 e. The molecule has 0 saturated heterocycles. The summed E-state index contributed by atoms with van der Waals surface area (Å²) in [4.78, 5) is 0. The van der Waals surface area contributed by atoms with Crippen LogP contribution in [-0.2, 0) is 1620 Å². The average Bonchev–Trinajstić information content (AvgIpc) is 0. The number of rotatable bonds is 0. The minimum Gasteiger partial charge on any atom is -0.369 e. The first kappa shape index (κ1) is 1440. The van der Waals surface area contributed by atoms with Gasteiger partial charge in [0.25, 0.3) is 0 Å². The molecule has 8 nitrogen and oxygen atoms in total. The summed E-state index contributed by atoms with van der Waals surface area (Å²) in [6.45, 7) is 0. The van der Waals surface area contributed by atoms with E-state index >= 15 is 0 Å². The van der Waals surface area contributed by atoms with Crippen molar-refractivity contribution < 1.29 is 1620 Å². The Balaban J connectivity index is 0. The molecule has 0 aliphatic carbocycles. The van der Waals surface area contributed by atoms with Gasteiger partial charge >= 0.3 is 1620 Å². The van der Waals surface area contributed by atoms with Crippen LogP contribution in [0.25, 0.3) is 0 Å². The molecule has 0 heterocycles. The fourth-order valence-corrected chi connectivity index (χ4v) is 0. The van der Waals surface area contributed by atoms with Crippen LogP contribution in [0.15, 0.2) is 0 Å². The van der Waals surface area contributed by atoms with Crippen molar-refractivity contribution in [1.29, 1.82) is 0 Å². The Bertz CT molecular complexity index is 40.6. The van der Waals surface area contributed by atoms with E-state index in [0.29, 0.717) is 0 Å². The number of hydrogen-bond acceptors (Lipinski definition) is 0. The molecule has 0 aromatic rings. The molecule has 0 spiro atoms. The molecule has 0 amide bonds. The van der Waals surface area contributed by atoms with Gasteiger partial charge in [0.1, 0.15) is 0 Å². The van der Waals surface area contributed by atoms with E-state index < -0.39 is 0 Å². The second-order valence-corrected chi connectivity index (χ2v) is 0. The van der Waals surface area contributed by atoms with Crippen molar-refractivity contribution in [2.45, 2.75) is 0 Å². The quantitative estimate of drug-likeness (QED) is 0.163. The summed E-state index contributed by atoms with van der Waals surface area (Å²) < 4.78 is 0. The average molecular weight is 5450 g/mol. The molecule has 0 aliphatic rings. The molecule has 103 heteroatoms. The molecule has 0 aliphatic heterocycles. The van der Waals surface area contributed by atoms with Crippen LogP contribution in [0.2, 0.25) is 0 Å². The predicted molar refractivity (Wildman–Crippen MR) is 47.9 cm³/mol. The molecule has 0 aromatic heterocycles. The molecule has 95 radical (unpaired) electrons. The van der Waals surface area contributed by atoms with E-state index in [9.17, 15) is 0 Å². The van der Waals surface area contributed by atoms with Crippen LogP contribution in [0.4, 0.5) is 0 Å². The standard InChI is InChI=1S/95Fe.8H3N/h;;;;;;;;;;;;;;;;;;;;;;;;;;;;;;;;;;;;;;;;;;;;;;;;;;;;;;;;;;;;;;;;;;;;;;;;;;;;;;;;;;;;;;;;;;;;;;;8*1H3/q95*+3;;;;;;;;/p+8. The smallest absolute Gasteiger partial charge is 0.369 e. The van der Waals surface area contributed by atoms with Crippen molar-refractivity contribution in [2.24, 2.45) is 0 Å². The Morgan fingerprint density at radius 3 is 0.0194 bits per heavy atom. The summed E-state index contributed by atoms with van der Waals surface area (Å²) in [5.74, 6) is 0. The zero-order valence-corrected chi connectivity index (χ0v) is 146. The van der Waals surface area contributed by atoms with Crippen molar-refractivity contribution in [1.82, 2.24) is 49.2 Å². The van der Waals surface area contributed by atoms with Crippen molar-refractivity contribution in [3.8, 4) is 0 Å². The third-order valence-corrected chi connectivity index (χ3v) is 0. The third-order valence-electron chi connectivity index (χ3n) is 0. The molecule has 0 saturated carbocycles. The fourth-order valence-electron chi connectivity index (χ4n) is 0. The Morgan fingerprint density at radius 1 is 0.0194 bits per heavy atom. The molecule has 0 unspecified atom stereocenters. The van der Waals surface area contributed by atoms with Crippen LogP contribution >= 0.6 is 0 Å². The number of quaternary nitrogens is 8. The van der Waals surface area contributed by atoms with Gasteiger partial charge in [-0.3, -0.25) is 0 Å². The van der Waals surface area contributed by atoms with Gasteiger partial charge in [0.2, 0.25) is 0 Å². The fraction of sp³-hybridized carbons (Fsp3) is 0. The van der Waals surface area contributed by atoms with Crippen LogP contribution in [0.1, 0.15) is 0 Å². The van der Waals surface area contributed by atoms with Crippen LogP contribution in [0.3, 0.4) is 0 Å². The molecule has 0 rings (SSSR count). The minimum atomic E-state index is 0. The van der Waals surface area contributed by atoms with E-state index in [0.717, 1.165) is 0 Å². The van der Waals surface area contributed by atoms with E-state index in [4.69, 9.17) is 0 Å². The summed E-state index contributed by atoms with van der Waals surface area (Å²) >= 11 is 0. The van der Waals surface area contributed by atoms with Gasteiger partial charge in [-0.25, -0.2) is 0 Å². The molecule has 0 atom stereocenters. The molecule has 0 aromatic carbocycles. The summed E-state index contributed by atoms with van der Waals surface area (Å²) in [5, 5.41) is 0. The Labute approximate surface area is 1630 Å². The summed E-state index contributed by atoms with van der Waals surface area (Å²) in [6, 6.07) is 0. The van der Waals surface area contributed by atoms with E-state index in [1.54, 1.807) is 0 Å². The zero-order valence-electron chi connectivity index (χ0n) is 41.6. The zero-order chi connectivity index (χ0) is 0. The Morgan fingerprint density at radius 2 is 0.0194 bits per heavy atom. The normalized spacial score (nSPS) is 0. The van der Waals surface area contributed by atoms with Crippen molar-refractivity contribution in [3.63, 3.8) is 0 Å². The molecule has 539 valence electrons. The minimum absolute atomic E-state index is 0. The molecule has 0 fully saturated rings. The van der Waals surface area contributed by atoms with Crippen molar-refractivity contribution in [2.75, 3.05) is 0 Å². The first-order valence-corrected chi connectivity index (χ1v) is 0. The van der Waals surface area contributed by atoms with Crippen LogP contribution in [0.5, 0.6) is 0 Å². The van der Waals surface area contributed by atoms with Gasteiger partial charge in [-0.15, -0.1) is 0 Å². The monoisotopic (exact) mass is 5460 g/mol. The second-order valence-electron chi connectivity index (χ2n) is 0. The van der Waals surface area contributed by atoms with Crippen LogP contribution < -0.4 is 49.2 Å². The predicted octanol–water partition coefficient (Wildman–Crippen LogP) is 2.77.